The van der Waals surface area contributed by atoms with Crippen LogP contribution in [0.4, 0.5) is 0 Å². The lowest BCUT2D eigenvalue weighted by molar-refractivity contribution is 0.116. The van der Waals surface area contributed by atoms with Gasteiger partial charge in [0.1, 0.15) is 0 Å². The molecular weight excluding hydrogens is 208 g/mol. The second-order valence-electron chi connectivity index (χ2n) is 4.81. The van der Waals surface area contributed by atoms with Crippen molar-refractivity contribution in [2.24, 2.45) is 0 Å². The Balaban J connectivity index is 1.95. The first-order chi connectivity index (χ1) is 8.33. The number of rotatable bonds is 9. The molecule has 0 heterocycles. The van der Waals surface area contributed by atoms with Crippen molar-refractivity contribution in [2.45, 2.75) is 59.0 Å². The molecule has 0 aliphatic heterocycles. The van der Waals surface area contributed by atoms with Gasteiger partial charge < -0.3 is 4.74 Å². The van der Waals surface area contributed by atoms with E-state index in [-0.39, 0.29) is 0 Å². The predicted octanol–water partition coefficient (Wildman–Crippen LogP) is 4.87. The van der Waals surface area contributed by atoms with Crippen LogP contribution in [0.25, 0.3) is 0 Å². The monoisotopic (exact) mass is 234 g/mol. The van der Waals surface area contributed by atoms with Gasteiger partial charge >= 0.3 is 0 Å². The molecule has 1 rings (SSSR count). The zero-order valence-electron chi connectivity index (χ0n) is 11.4. The highest BCUT2D eigenvalue weighted by atomic mass is 16.5. The SMILES string of the molecule is CCCCCCCCOCc1ccc(C)cc1. The maximum absolute atomic E-state index is 5.67. The molecule has 1 nitrogen and oxygen atoms in total. The van der Waals surface area contributed by atoms with Gasteiger partial charge in [-0.3, -0.25) is 0 Å². The number of aryl methyl sites for hydroxylation is 1. The van der Waals surface area contributed by atoms with Gasteiger partial charge in [0.15, 0.2) is 0 Å². The summed E-state index contributed by atoms with van der Waals surface area (Å²) in [4.78, 5) is 0. The summed E-state index contributed by atoms with van der Waals surface area (Å²) >= 11 is 0. The quantitative estimate of drug-likeness (QED) is 0.554. The standard InChI is InChI=1S/C16H26O/c1-3-4-5-6-7-8-13-17-14-16-11-9-15(2)10-12-16/h9-12H,3-8,13-14H2,1-2H3. The van der Waals surface area contributed by atoms with Crippen LogP contribution in [0.15, 0.2) is 24.3 Å². The molecule has 0 unspecified atom stereocenters. The van der Waals surface area contributed by atoms with Gasteiger partial charge in [-0.25, -0.2) is 0 Å². The van der Waals surface area contributed by atoms with Crippen molar-refractivity contribution in [2.75, 3.05) is 6.61 Å². The van der Waals surface area contributed by atoms with E-state index in [1.54, 1.807) is 0 Å². The van der Waals surface area contributed by atoms with Crippen LogP contribution in [-0.2, 0) is 11.3 Å². The van der Waals surface area contributed by atoms with Crippen molar-refractivity contribution in [3.05, 3.63) is 35.4 Å². The second kappa shape index (κ2) is 9.23. The Morgan fingerprint density at radius 2 is 1.53 bits per heavy atom. The highest BCUT2D eigenvalue weighted by Crippen LogP contribution is 2.07. The van der Waals surface area contributed by atoms with Crippen LogP contribution in [0.2, 0.25) is 0 Å². The third kappa shape index (κ3) is 7.17. The van der Waals surface area contributed by atoms with Gasteiger partial charge in [-0.1, -0.05) is 68.9 Å². The summed E-state index contributed by atoms with van der Waals surface area (Å²) in [6.07, 6.45) is 7.97. The van der Waals surface area contributed by atoms with E-state index in [1.165, 1.54) is 49.7 Å². The zero-order valence-corrected chi connectivity index (χ0v) is 11.4. The maximum Gasteiger partial charge on any atom is 0.0716 e. The van der Waals surface area contributed by atoms with E-state index in [1.807, 2.05) is 0 Å². The molecule has 0 amide bonds. The van der Waals surface area contributed by atoms with Gasteiger partial charge in [0, 0.05) is 6.61 Å². The van der Waals surface area contributed by atoms with E-state index in [4.69, 9.17) is 4.74 Å². The van der Waals surface area contributed by atoms with Crippen molar-refractivity contribution in [1.82, 2.24) is 0 Å². The van der Waals surface area contributed by atoms with Gasteiger partial charge in [-0.2, -0.15) is 0 Å². The number of hydrogen-bond acceptors (Lipinski definition) is 1. The van der Waals surface area contributed by atoms with Gasteiger partial charge in [0.2, 0.25) is 0 Å². The largest absolute Gasteiger partial charge is 0.377 e. The molecule has 96 valence electrons. The minimum Gasteiger partial charge on any atom is -0.377 e. The van der Waals surface area contributed by atoms with E-state index in [0.717, 1.165) is 13.2 Å². The number of benzene rings is 1. The summed E-state index contributed by atoms with van der Waals surface area (Å²) in [7, 11) is 0. The van der Waals surface area contributed by atoms with Crippen molar-refractivity contribution in [3.63, 3.8) is 0 Å². The topological polar surface area (TPSA) is 9.23 Å². The summed E-state index contributed by atoms with van der Waals surface area (Å²) in [6.45, 7) is 6.03. The Hall–Kier alpha value is -0.820. The molecule has 0 aliphatic carbocycles. The molecule has 0 saturated heterocycles. The summed E-state index contributed by atoms with van der Waals surface area (Å²) in [5, 5.41) is 0. The summed E-state index contributed by atoms with van der Waals surface area (Å²) in [6, 6.07) is 8.58. The highest BCUT2D eigenvalue weighted by molar-refractivity contribution is 5.20. The third-order valence-electron chi connectivity index (χ3n) is 3.03. The van der Waals surface area contributed by atoms with Gasteiger partial charge in [-0.15, -0.1) is 0 Å². The maximum atomic E-state index is 5.67. The molecule has 0 aromatic heterocycles. The molecule has 0 fully saturated rings. The Morgan fingerprint density at radius 1 is 0.882 bits per heavy atom. The molecule has 0 atom stereocenters. The molecule has 17 heavy (non-hydrogen) atoms. The first kappa shape index (κ1) is 14.2. The summed E-state index contributed by atoms with van der Waals surface area (Å²) in [5.41, 5.74) is 2.59. The van der Waals surface area contributed by atoms with Gasteiger partial charge in [0.05, 0.1) is 6.61 Å². The smallest absolute Gasteiger partial charge is 0.0716 e. The van der Waals surface area contributed by atoms with E-state index < -0.39 is 0 Å². The van der Waals surface area contributed by atoms with Gasteiger partial charge in [0.25, 0.3) is 0 Å². The van der Waals surface area contributed by atoms with Crippen LogP contribution in [0.1, 0.15) is 56.6 Å². The lowest BCUT2D eigenvalue weighted by atomic mass is 10.1. The van der Waals surface area contributed by atoms with Crippen LogP contribution in [0.3, 0.4) is 0 Å². The molecule has 0 N–H and O–H groups in total. The lowest BCUT2D eigenvalue weighted by Crippen LogP contribution is -1.95. The fourth-order valence-corrected chi connectivity index (χ4v) is 1.86. The Morgan fingerprint density at radius 3 is 2.24 bits per heavy atom. The molecule has 1 heteroatoms. The molecule has 0 saturated carbocycles. The molecule has 1 aromatic rings. The molecular formula is C16H26O. The van der Waals surface area contributed by atoms with Crippen LogP contribution >= 0.6 is 0 Å². The summed E-state index contributed by atoms with van der Waals surface area (Å²) in [5.74, 6) is 0. The third-order valence-corrected chi connectivity index (χ3v) is 3.03. The van der Waals surface area contributed by atoms with E-state index in [0.29, 0.717) is 0 Å². The Kier molecular flexibility index (Phi) is 7.74. The lowest BCUT2D eigenvalue weighted by Gasteiger charge is -2.05. The molecule has 1 aromatic carbocycles. The molecule has 0 radical (unpaired) electrons. The van der Waals surface area contributed by atoms with E-state index >= 15 is 0 Å². The van der Waals surface area contributed by atoms with E-state index in [2.05, 4.69) is 38.1 Å². The Bertz CT molecular complexity index is 276. The molecule has 0 bridgehead atoms. The fraction of sp³-hybridized carbons (Fsp3) is 0.625. The first-order valence-corrected chi connectivity index (χ1v) is 6.96. The average molecular weight is 234 g/mol. The van der Waals surface area contributed by atoms with E-state index in [9.17, 15) is 0 Å². The number of unbranched alkanes of at least 4 members (excludes halogenated alkanes) is 5. The average Bonchev–Trinajstić information content (AvgIpc) is 2.35. The Labute approximate surface area is 106 Å². The first-order valence-electron chi connectivity index (χ1n) is 6.96. The minimum atomic E-state index is 0.759. The normalized spacial score (nSPS) is 10.7. The van der Waals surface area contributed by atoms with Crippen LogP contribution in [0, 0.1) is 6.92 Å². The zero-order chi connectivity index (χ0) is 12.3. The predicted molar refractivity (Wildman–Crippen MR) is 74.2 cm³/mol. The summed E-state index contributed by atoms with van der Waals surface area (Å²) < 4.78 is 5.67. The van der Waals surface area contributed by atoms with Crippen molar-refractivity contribution in [3.8, 4) is 0 Å². The van der Waals surface area contributed by atoms with Crippen molar-refractivity contribution in [1.29, 1.82) is 0 Å². The molecule has 0 aliphatic rings. The van der Waals surface area contributed by atoms with Crippen LogP contribution in [-0.4, -0.2) is 6.61 Å². The molecule has 0 spiro atoms. The van der Waals surface area contributed by atoms with Crippen molar-refractivity contribution < 1.29 is 4.74 Å². The van der Waals surface area contributed by atoms with Crippen LogP contribution in [0.5, 0.6) is 0 Å². The fourth-order valence-electron chi connectivity index (χ4n) is 1.86. The second-order valence-corrected chi connectivity index (χ2v) is 4.81. The van der Waals surface area contributed by atoms with Gasteiger partial charge in [-0.05, 0) is 18.9 Å². The van der Waals surface area contributed by atoms with Crippen LogP contribution < -0.4 is 0 Å². The van der Waals surface area contributed by atoms with Crippen molar-refractivity contribution >= 4 is 0 Å². The highest BCUT2D eigenvalue weighted by Gasteiger charge is 1.94. The minimum absolute atomic E-state index is 0.759. The number of ether oxygens (including phenoxy) is 1. The number of hydrogen-bond donors (Lipinski definition) is 0.